The van der Waals surface area contributed by atoms with E-state index in [9.17, 15) is 13.6 Å². The summed E-state index contributed by atoms with van der Waals surface area (Å²) in [6.07, 6.45) is -2.60. The minimum absolute atomic E-state index is 0.140. The molecule has 0 aromatic carbocycles. The van der Waals surface area contributed by atoms with Crippen molar-refractivity contribution in [2.24, 2.45) is 0 Å². The summed E-state index contributed by atoms with van der Waals surface area (Å²) in [6.45, 7) is 0. The molecule has 0 fully saturated rings. The number of alkyl halides is 3. The van der Waals surface area contributed by atoms with Gasteiger partial charge in [0.2, 0.25) is 5.56 Å². The molecule has 0 spiro atoms. The molecule has 72 valence electrons. The Morgan fingerprint density at radius 2 is 2.15 bits per heavy atom. The maximum Gasteiger partial charge on any atom is 0.266 e. The molecule has 0 radical (unpaired) electrons. The van der Waals surface area contributed by atoms with Gasteiger partial charge in [0, 0.05) is 21.6 Å². The van der Waals surface area contributed by atoms with Crippen LogP contribution in [0.5, 0.6) is 0 Å². The largest absolute Gasteiger partial charge is 0.325 e. The van der Waals surface area contributed by atoms with Gasteiger partial charge in [-0.05, 0) is 0 Å². The zero-order valence-electron chi connectivity index (χ0n) is 6.28. The number of hydrogen-bond donors (Lipinski definition) is 1. The molecular formula is C7H5Br2F2NO. The Bertz CT molecular complexity index is 364. The monoisotopic (exact) mass is 315 g/mol. The maximum atomic E-state index is 12.4. The molecule has 0 amide bonds. The summed E-state index contributed by atoms with van der Waals surface area (Å²) in [5.74, 6) is 0. The summed E-state index contributed by atoms with van der Waals surface area (Å²) >= 11 is 5.94. The molecule has 1 N–H and O–H groups in total. The number of aromatic amines is 1. The van der Waals surface area contributed by atoms with Crippen molar-refractivity contribution in [3.63, 3.8) is 0 Å². The molecule has 0 bridgehead atoms. The lowest BCUT2D eigenvalue weighted by molar-refractivity contribution is 0.149. The van der Waals surface area contributed by atoms with Gasteiger partial charge in [-0.3, -0.25) is 4.79 Å². The van der Waals surface area contributed by atoms with Crippen LogP contribution in [-0.2, 0) is 5.33 Å². The van der Waals surface area contributed by atoms with Crippen LogP contribution in [0.2, 0.25) is 0 Å². The second-order valence-electron chi connectivity index (χ2n) is 2.31. The molecule has 1 aromatic rings. The zero-order chi connectivity index (χ0) is 10.0. The van der Waals surface area contributed by atoms with Crippen molar-refractivity contribution in [1.29, 1.82) is 0 Å². The first-order valence-electron chi connectivity index (χ1n) is 3.32. The third-order valence-electron chi connectivity index (χ3n) is 1.47. The van der Waals surface area contributed by atoms with Crippen molar-refractivity contribution >= 4 is 31.9 Å². The quantitative estimate of drug-likeness (QED) is 0.836. The van der Waals surface area contributed by atoms with Crippen LogP contribution >= 0.6 is 31.9 Å². The average Bonchev–Trinajstić information content (AvgIpc) is 2.01. The number of pyridine rings is 1. The van der Waals surface area contributed by atoms with Crippen molar-refractivity contribution in [3.8, 4) is 0 Å². The van der Waals surface area contributed by atoms with Crippen molar-refractivity contribution in [1.82, 2.24) is 4.98 Å². The van der Waals surface area contributed by atoms with E-state index in [2.05, 4.69) is 36.8 Å². The lowest BCUT2D eigenvalue weighted by atomic mass is 10.2. The lowest BCUT2D eigenvalue weighted by Gasteiger charge is -2.07. The number of halogens is 4. The van der Waals surface area contributed by atoms with Gasteiger partial charge in [0.15, 0.2) is 0 Å². The predicted molar refractivity (Wildman–Crippen MR) is 52.4 cm³/mol. The molecule has 0 aliphatic carbocycles. The Hall–Kier alpha value is -0.230. The van der Waals surface area contributed by atoms with Gasteiger partial charge in [-0.15, -0.1) is 0 Å². The number of aromatic nitrogens is 1. The molecule has 0 saturated carbocycles. The van der Waals surface area contributed by atoms with Crippen LogP contribution in [0.15, 0.2) is 15.3 Å². The fraction of sp³-hybridized carbons (Fsp3) is 0.286. The molecule has 0 atom stereocenters. The van der Waals surface area contributed by atoms with Crippen molar-refractivity contribution in [2.75, 3.05) is 0 Å². The van der Waals surface area contributed by atoms with Gasteiger partial charge in [0.05, 0.1) is 5.56 Å². The SMILES string of the molecule is O=c1cc(Br)c(C(F)F)c(CBr)[nH]1. The van der Waals surface area contributed by atoms with Crippen LogP contribution in [-0.4, -0.2) is 4.98 Å². The van der Waals surface area contributed by atoms with Crippen LogP contribution in [0.25, 0.3) is 0 Å². The van der Waals surface area contributed by atoms with Gasteiger partial charge >= 0.3 is 0 Å². The molecular weight excluding hydrogens is 312 g/mol. The highest BCUT2D eigenvalue weighted by atomic mass is 79.9. The Balaban J connectivity index is 3.38. The molecule has 1 rings (SSSR count). The molecule has 13 heavy (non-hydrogen) atoms. The fourth-order valence-electron chi connectivity index (χ4n) is 0.930. The van der Waals surface area contributed by atoms with E-state index in [1.165, 1.54) is 0 Å². The van der Waals surface area contributed by atoms with E-state index in [-0.39, 0.29) is 21.1 Å². The Morgan fingerprint density at radius 1 is 1.54 bits per heavy atom. The van der Waals surface area contributed by atoms with E-state index >= 15 is 0 Å². The van der Waals surface area contributed by atoms with E-state index in [4.69, 9.17) is 0 Å². The van der Waals surface area contributed by atoms with Crippen LogP contribution in [0.4, 0.5) is 8.78 Å². The lowest BCUT2D eigenvalue weighted by Crippen LogP contribution is -2.10. The van der Waals surface area contributed by atoms with Crippen LogP contribution in [0.3, 0.4) is 0 Å². The molecule has 1 heterocycles. The standard InChI is InChI=1S/C7H5Br2F2NO/c8-2-4-6(7(10)11)3(9)1-5(13)12-4/h1,7H,2H2,(H,12,13). The third kappa shape index (κ3) is 2.37. The summed E-state index contributed by atoms with van der Waals surface area (Å²) in [4.78, 5) is 13.2. The minimum Gasteiger partial charge on any atom is -0.325 e. The highest BCUT2D eigenvalue weighted by Crippen LogP contribution is 2.29. The van der Waals surface area contributed by atoms with Crippen molar-refractivity contribution in [2.45, 2.75) is 11.8 Å². The third-order valence-corrected chi connectivity index (χ3v) is 2.68. The Labute approximate surface area is 89.6 Å². The average molecular weight is 317 g/mol. The van der Waals surface area contributed by atoms with Crippen LogP contribution in [0.1, 0.15) is 17.7 Å². The first kappa shape index (κ1) is 10.8. The number of nitrogens with one attached hydrogen (secondary N) is 1. The summed E-state index contributed by atoms with van der Waals surface area (Å²) in [5.41, 5.74) is -0.364. The van der Waals surface area contributed by atoms with E-state index in [1.807, 2.05) is 0 Å². The number of rotatable bonds is 2. The Kier molecular flexibility index (Phi) is 3.61. The molecule has 0 aliphatic heterocycles. The predicted octanol–water partition coefficient (Wildman–Crippen LogP) is 2.97. The number of H-pyrrole nitrogens is 1. The van der Waals surface area contributed by atoms with Crippen LogP contribution < -0.4 is 5.56 Å². The van der Waals surface area contributed by atoms with Crippen molar-refractivity contribution < 1.29 is 8.78 Å². The second kappa shape index (κ2) is 4.32. The number of hydrogen-bond acceptors (Lipinski definition) is 1. The highest BCUT2D eigenvalue weighted by Gasteiger charge is 2.17. The fourth-order valence-corrected chi connectivity index (χ4v) is 1.99. The molecule has 0 unspecified atom stereocenters. The Morgan fingerprint density at radius 3 is 2.62 bits per heavy atom. The van der Waals surface area contributed by atoms with Gasteiger partial charge in [-0.25, -0.2) is 8.78 Å². The first-order valence-corrected chi connectivity index (χ1v) is 5.23. The van der Waals surface area contributed by atoms with Gasteiger partial charge in [-0.1, -0.05) is 31.9 Å². The minimum atomic E-state index is -2.60. The highest BCUT2D eigenvalue weighted by molar-refractivity contribution is 9.10. The normalized spacial score (nSPS) is 10.8. The first-order chi connectivity index (χ1) is 6.06. The molecule has 0 saturated heterocycles. The molecule has 2 nitrogen and oxygen atoms in total. The van der Waals surface area contributed by atoms with E-state index < -0.39 is 12.0 Å². The van der Waals surface area contributed by atoms with Crippen molar-refractivity contribution in [3.05, 3.63) is 32.2 Å². The van der Waals surface area contributed by atoms with E-state index in [0.29, 0.717) is 0 Å². The van der Waals surface area contributed by atoms with Gasteiger partial charge < -0.3 is 4.98 Å². The molecule has 0 aliphatic rings. The topological polar surface area (TPSA) is 32.9 Å². The molecule has 1 aromatic heterocycles. The summed E-state index contributed by atoms with van der Waals surface area (Å²) < 4.78 is 25.0. The molecule has 6 heteroatoms. The summed E-state index contributed by atoms with van der Waals surface area (Å²) in [7, 11) is 0. The van der Waals surface area contributed by atoms with Crippen LogP contribution in [0, 0.1) is 0 Å². The summed E-state index contributed by atoms with van der Waals surface area (Å²) in [5, 5.41) is 0.196. The van der Waals surface area contributed by atoms with E-state index in [0.717, 1.165) is 6.07 Å². The van der Waals surface area contributed by atoms with E-state index in [1.54, 1.807) is 0 Å². The van der Waals surface area contributed by atoms with Gasteiger partial charge in [-0.2, -0.15) is 0 Å². The maximum absolute atomic E-state index is 12.4. The summed E-state index contributed by atoms with van der Waals surface area (Å²) in [6, 6.07) is 1.09. The smallest absolute Gasteiger partial charge is 0.266 e. The second-order valence-corrected chi connectivity index (χ2v) is 3.72. The zero-order valence-corrected chi connectivity index (χ0v) is 9.45. The van der Waals surface area contributed by atoms with Gasteiger partial charge in [0.1, 0.15) is 0 Å². The van der Waals surface area contributed by atoms with Gasteiger partial charge in [0.25, 0.3) is 6.43 Å².